The third-order valence-electron chi connectivity index (χ3n) is 3.93. The van der Waals surface area contributed by atoms with Crippen molar-refractivity contribution in [3.63, 3.8) is 0 Å². The number of methoxy groups -OCH3 is 1. The lowest BCUT2D eigenvalue weighted by Gasteiger charge is -2.18. The topological polar surface area (TPSA) is 67.4 Å². The summed E-state index contributed by atoms with van der Waals surface area (Å²) >= 11 is 0. The monoisotopic (exact) mass is 358 g/mol. The molecule has 0 spiro atoms. The molecule has 6 heteroatoms. The van der Waals surface area contributed by atoms with Gasteiger partial charge in [-0.05, 0) is 41.8 Å². The maximum atomic E-state index is 12.9. The van der Waals surface area contributed by atoms with Crippen molar-refractivity contribution < 1.29 is 18.7 Å². The Morgan fingerprint density at radius 2 is 1.73 bits per heavy atom. The highest BCUT2D eigenvalue weighted by molar-refractivity contribution is 5.79. The summed E-state index contributed by atoms with van der Waals surface area (Å²) in [6.45, 7) is 1.86. The molecule has 26 heavy (non-hydrogen) atoms. The molecule has 2 amide bonds. The molecule has 0 saturated heterocycles. The zero-order valence-electron chi connectivity index (χ0n) is 14.9. The van der Waals surface area contributed by atoms with E-state index in [9.17, 15) is 14.0 Å². The number of rotatable bonds is 8. The molecule has 2 rings (SSSR count). The number of halogens is 1. The number of benzene rings is 2. The third kappa shape index (κ3) is 6.20. The molecule has 2 N–H and O–H groups in total. The van der Waals surface area contributed by atoms with Crippen molar-refractivity contribution in [3.05, 3.63) is 65.5 Å². The molecule has 2 aromatic carbocycles. The number of carbonyl (C=O) groups excluding carboxylic acids is 2. The van der Waals surface area contributed by atoms with Crippen LogP contribution in [0.25, 0.3) is 0 Å². The molecular weight excluding hydrogens is 335 g/mol. The average molecular weight is 358 g/mol. The van der Waals surface area contributed by atoms with E-state index in [4.69, 9.17) is 4.74 Å². The first-order valence-corrected chi connectivity index (χ1v) is 8.40. The van der Waals surface area contributed by atoms with Crippen LogP contribution in [0, 0.1) is 5.82 Å². The Kier molecular flexibility index (Phi) is 7.14. The van der Waals surface area contributed by atoms with Gasteiger partial charge in [0.05, 0.1) is 19.6 Å². The Bertz CT molecular complexity index is 730. The van der Waals surface area contributed by atoms with Crippen LogP contribution in [0.3, 0.4) is 0 Å². The molecule has 0 aliphatic carbocycles. The van der Waals surface area contributed by atoms with E-state index in [0.717, 1.165) is 11.1 Å². The Hall–Kier alpha value is -2.89. The van der Waals surface area contributed by atoms with Gasteiger partial charge in [0.2, 0.25) is 11.8 Å². The fourth-order valence-corrected chi connectivity index (χ4v) is 2.59. The van der Waals surface area contributed by atoms with Crippen LogP contribution in [0.1, 0.15) is 30.5 Å². The fourth-order valence-electron chi connectivity index (χ4n) is 2.59. The number of hydrogen-bond acceptors (Lipinski definition) is 3. The highest BCUT2D eigenvalue weighted by Gasteiger charge is 2.17. The van der Waals surface area contributed by atoms with Gasteiger partial charge in [0, 0.05) is 13.5 Å². The van der Waals surface area contributed by atoms with Crippen LogP contribution in [-0.4, -0.2) is 25.5 Å². The molecule has 5 nitrogen and oxygen atoms in total. The molecule has 1 unspecified atom stereocenters. The second kappa shape index (κ2) is 9.56. The maximum Gasteiger partial charge on any atom is 0.222 e. The van der Waals surface area contributed by atoms with Crippen LogP contribution in [0.4, 0.5) is 4.39 Å². The highest BCUT2D eigenvalue weighted by Crippen LogP contribution is 2.20. The number of hydrogen-bond donors (Lipinski definition) is 2. The van der Waals surface area contributed by atoms with E-state index < -0.39 is 6.04 Å². The van der Waals surface area contributed by atoms with E-state index in [2.05, 4.69) is 10.6 Å². The van der Waals surface area contributed by atoms with E-state index >= 15 is 0 Å². The fraction of sp³-hybridized carbons (Fsp3) is 0.300. The number of carbonyl (C=O) groups is 2. The Morgan fingerprint density at radius 3 is 2.31 bits per heavy atom. The summed E-state index contributed by atoms with van der Waals surface area (Å²) in [6, 6.07) is 13.0. The quantitative estimate of drug-likeness (QED) is 0.762. The van der Waals surface area contributed by atoms with Gasteiger partial charge < -0.3 is 15.4 Å². The lowest BCUT2D eigenvalue weighted by molar-refractivity contribution is -0.122. The molecule has 138 valence electrons. The molecule has 0 radical (unpaired) electrons. The average Bonchev–Trinajstić information content (AvgIpc) is 2.62. The van der Waals surface area contributed by atoms with Crippen LogP contribution in [-0.2, 0) is 16.0 Å². The summed E-state index contributed by atoms with van der Waals surface area (Å²) in [5.41, 5.74) is 1.77. The van der Waals surface area contributed by atoms with Crippen LogP contribution >= 0.6 is 0 Å². The summed E-state index contributed by atoms with van der Waals surface area (Å²) in [6.07, 6.45) is 0.745. The van der Waals surface area contributed by atoms with Gasteiger partial charge >= 0.3 is 0 Å². The Balaban J connectivity index is 1.90. The van der Waals surface area contributed by atoms with E-state index in [-0.39, 0.29) is 24.1 Å². The summed E-state index contributed by atoms with van der Waals surface area (Å²) in [7, 11) is 1.58. The van der Waals surface area contributed by atoms with Crippen molar-refractivity contribution in [2.45, 2.75) is 25.8 Å². The Morgan fingerprint density at radius 1 is 1.08 bits per heavy atom. The minimum atomic E-state index is -0.413. The first-order valence-electron chi connectivity index (χ1n) is 8.40. The predicted octanol–water partition coefficient (Wildman–Crippen LogP) is 2.76. The van der Waals surface area contributed by atoms with E-state index in [1.54, 1.807) is 31.4 Å². The summed E-state index contributed by atoms with van der Waals surface area (Å²) in [5.74, 6) is 0.0566. The second-order valence-corrected chi connectivity index (χ2v) is 5.96. The lowest BCUT2D eigenvalue weighted by atomic mass is 10.0. The number of nitrogens with one attached hydrogen (secondary N) is 2. The van der Waals surface area contributed by atoms with E-state index in [1.165, 1.54) is 19.1 Å². The van der Waals surface area contributed by atoms with Crippen LogP contribution in [0.15, 0.2) is 48.5 Å². The normalized spacial score (nSPS) is 11.5. The van der Waals surface area contributed by atoms with Crippen molar-refractivity contribution in [2.75, 3.05) is 13.7 Å². The van der Waals surface area contributed by atoms with Crippen LogP contribution < -0.4 is 15.4 Å². The molecule has 0 saturated carbocycles. The maximum absolute atomic E-state index is 12.9. The van der Waals surface area contributed by atoms with Gasteiger partial charge in [-0.1, -0.05) is 24.3 Å². The molecule has 1 atom stereocenters. The highest BCUT2D eigenvalue weighted by atomic mass is 19.1. The lowest BCUT2D eigenvalue weighted by Crippen LogP contribution is -2.33. The first-order chi connectivity index (χ1) is 12.5. The molecule has 0 bridgehead atoms. The number of ether oxygens (including phenoxy) is 1. The van der Waals surface area contributed by atoms with Crippen molar-refractivity contribution in [1.82, 2.24) is 10.6 Å². The van der Waals surface area contributed by atoms with E-state index in [1.807, 2.05) is 12.1 Å². The van der Waals surface area contributed by atoms with Gasteiger partial charge in [0.1, 0.15) is 11.6 Å². The van der Waals surface area contributed by atoms with Crippen LogP contribution in [0.2, 0.25) is 0 Å². The van der Waals surface area contributed by atoms with Gasteiger partial charge in [-0.3, -0.25) is 9.59 Å². The van der Waals surface area contributed by atoms with Crippen LogP contribution in [0.5, 0.6) is 5.75 Å². The zero-order valence-corrected chi connectivity index (χ0v) is 14.9. The van der Waals surface area contributed by atoms with Gasteiger partial charge in [-0.15, -0.1) is 0 Å². The standard InChI is InChI=1S/C20H23FN2O3/c1-14(24)23-19(16-5-9-18(26-2)10-6-16)13-20(25)22-12-11-15-3-7-17(21)8-4-15/h3-10,19H,11-13H2,1-2H3,(H,22,25)(H,23,24). The van der Waals surface area contributed by atoms with Gasteiger partial charge in [-0.2, -0.15) is 0 Å². The van der Waals surface area contributed by atoms with Crippen molar-refractivity contribution in [2.24, 2.45) is 0 Å². The second-order valence-electron chi connectivity index (χ2n) is 5.96. The smallest absolute Gasteiger partial charge is 0.222 e. The largest absolute Gasteiger partial charge is 0.497 e. The summed E-state index contributed by atoms with van der Waals surface area (Å²) < 4.78 is 18.0. The Labute approximate surface area is 152 Å². The van der Waals surface area contributed by atoms with E-state index in [0.29, 0.717) is 18.7 Å². The van der Waals surface area contributed by atoms with Gasteiger partial charge in [-0.25, -0.2) is 4.39 Å². The summed E-state index contributed by atoms with van der Waals surface area (Å²) in [4.78, 5) is 23.7. The first kappa shape index (κ1) is 19.4. The molecule has 0 aliphatic rings. The molecule has 2 aromatic rings. The molecule has 0 aromatic heterocycles. The van der Waals surface area contributed by atoms with Crippen molar-refractivity contribution >= 4 is 11.8 Å². The third-order valence-corrected chi connectivity index (χ3v) is 3.93. The predicted molar refractivity (Wildman–Crippen MR) is 97.3 cm³/mol. The summed E-state index contributed by atoms with van der Waals surface area (Å²) in [5, 5.41) is 5.63. The molecular formula is C20H23FN2O3. The van der Waals surface area contributed by atoms with Gasteiger partial charge in [0.15, 0.2) is 0 Å². The zero-order chi connectivity index (χ0) is 18.9. The van der Waals surface area contributed by atoms with Crippen molar-refractivity contribution in [3.8, 4) is 5.75 Å². The molecule has 0 heterocycles. The minimum Gasteiger partial charge on any atom is -0.497 e. The SMILES string of the molecule is COc1ccc(C(CC(=O)NCCc2ccc(F)cc2)NC(C)=O)cc1. The molecule has 0 fully saturated rings. The van der Waals surface area contributed by atoms with Crippen molar-refractivity contribution in [1.29, 1.82) is 0 Å². The number of amides is 2. The minimum absolute atomic E-state index is 0.134. The molecule has 0 aliphatic heterocycles. The van der Waals surface area contributed by atoms with Gasteiger partial charge in [0.25, 0.3) is 0 Å².